The number of aromatic nitrogens is 2. The maximum absolute atomic E-state index is 11.3. The van der Waals surface area contributed by atoms with E-state index in [-0.39, 0.29) is 11.4 Å². The van der Waals surface area contributed by atoms with Crippen molar-refractivity contribution < 1.29 is 9.53 Å². The van der Waals surface area contributed by atoms with Crippen molar-refractivity contribution in [2.45, 2.75) is 24.3 Å². The van der Waals surface area contributed by atoms with Gasteiger partial charge in [0.25, 0.3) is 0 Å². The van der Waals surface area contributed by atoms with Crippen molar-refractivity contribution in [2.24, 2.45) is 5.41 Å². The van der Waals surface area contributed by atoms with Crippen LogP contribution in [-0.4, -0.2) is 28.8 Å². The highest BCUT2D eigenvalue weighted by atomic mass is 32.2. The third kappa shape index (κ3) is 3.33. The van der Waals surface area contributed by atoms with E-state index in [0.717, 1.165) is 23.6 Å². The third-order valence-electron chi connectivity index (χ3n) is 2.89. The predicted molar refractivity (Wildman–Crippen MR) is 65.5 cm³/mol. The molecule has 0 unspecified atom stereocenters. The Morgan fingerprint density at radius 1 is 1.59 bits per heavy atom. The Labute approximate surface area is 104 Å². The Balaban J connectivity index is 1.88. The van der Waals surface area contributed by atoms with Crippen LogP contribution in [0.5, 0.6) is 0 Å². The summed E-state index contributed by atoms with van der Waals surface area (Å²) < 4.78 is 4.70. The Hall–Kier alpha value is -1.30. The molecule has 0 radical (unpaired) electrons. The third-order valence-corrected chi connectivity index (χ3v) is 4.17. The van der Waals surface area contributed by atoms with Crippen molar-refractivity contribution in [1.82, 2.24) is 9.97 Å². The van der Waals surface area contributed by atoms with Crippen LogP contribution in [0.4, 0.5) is 5.82 Å². The number of esters is 1. The number of nitrogens with two attached hydrogens (primary N) is 1. The van der Waals surface area contributed by atoms with Gasteiger partial charge in [0, 0.05) is 11.8 Å². The van der Waals surface area contributed by atoms with E-state index in [9.17, 15) is 4.79 Å². The summed E-state index contributed by atoms with van der Waals surface area (Å²) >= 11 is 1.62. The predicted octanol–water partition coefficient (Wildman–Crippen LogP) is 1.49. The van der Waals surface area contributed by atoms with Crippen molar-refractivity contribution in [3.8, 4) is 0 Å². The minimum Gasteiger partial charge on any atom is -0.469 e. The lowest BCUT2D eigenvalue weighted by atomic mass is 10.1. The first-order chi connectivity index (χ1) is 8.13. The van der Waals surface area contributed by atoms with E-state index in [1.807, 2.05) is 0 Å². The first-order valence-corrected chi connectivity index (χ1v) is 6.39. The maximum atomic E-state index is 11.3. The number of hydrogen-bond acceptors (Lipinski definition) is 6. The summed E-state index contributed by atoms with van der Waals surface area (Å²) in [4.78, 5) is 19.2. The molecule has 0 saturated heterocycles. The zero-order valence-corrected chi connectivity index (χ0v) is 10.5. The van der Waals surface area contributed by atoms with E-state index in [2.05, 4.69) is 9.97 Å². The molecule has 0 amide bonds. The lowest BCUT2D eigenvalue weighted by Crippen LogP contribution is -2.13. The Kier molecular flexibility index (Phi) is 3.51. The monoisotopic (exact) mass is 253 g/mol. The Morgan fingerprint density at radius 2 is 2.35 bits per heavy atom. The lowest BCUT2D eigenvalue weighted by Gasteiger charge is -2.12. The SMILES string of the molecule is COC(=O)CC1(CSc2cc(N)ncn2)CC1. The largest absolute Gasteiger partial charge is 0.469 e. The van der Waals surface area contributed by atoms with E-state index in [1.54, 1.807) is 17.8 Å². The molecule has 1 aromatic rings. The first-order valence-electron chi connectivity index (χ1n) is 5.41. The summed E-state index contributed by atoms with van der Waals surface area (Å²) in [5.41, 5.74) is 5.69. The van der Waals surface area contributed by atoms with Gasteiger partial charge in [-0.05, 0) is 18.3 Å². The highest BCUT2D eigenvalue weighted by molar-refractivity contribution is 7.99. The Morgan fingerprint density at radius 3 is 2.94 bits per heavy atom. The van der Waals surface area contributed by atoms with Gasteiger partial charge in [-0.3, -0.25) is 4.79 Å². The molecule has 0 atom stereocenters. The summed E-state index contributed by atoms with van der Waals surface area (Å²) in [5, 5.41) is 0.855. The summed E-state index contributed by atoms with van der Waals surface area (Å²) in [7, 11) is 1.43. The van der Waals surface area contributed by atoms with Gasteiger partial charge >= 0.3 is 5.97 Å². The minimum absolute atomic E-state index is 0.109. The van der Waals surface area contributed by atoms with E-state index in [0.29, 0.717) is 12.2 Å². The highest BCUT2D eigenvalue weighted by Gasteiger charge is 2.44. The van der Waals surface area contributed by atoms with Gasteiger partial charge in [-0.25, -0.2) is 9.97 Å². The summed E-state index contributed by atoms with van der Waals surface area (Å²) in [6.45, 7) is 0. The normalized spacial score (nSPS) is 16.5. The van der Waals surface area contributed by atoms with Crippen LogP contribution < -0.4 is 5.73 Å². The molecule has 0 bridgehead atoms. The number of ether oxygens (including phenoxy) is 1. The molecule has 0 spiro atoms. The molecule has 1 heterocycles. The van der Waals surface area contributed by atoms with Gasteiger partial charge < -0.3 is 10.5 Å². The molecule has 0 aromatic carbocycles. The quantitative estimate of drug-likeness (QED) is 0.486. The lowest BCUT2D eigenvalue weighted by molar-refractivity contribution is -0.141. The van der Waals surface area contributed by atoms with E-state index in [4.69, 9.17) is 10.5 Å². The molecule has 1 aliphatic carbocycles. The minimum atomic E-state index is -0.134. The molecular formula is C11H15N3O2S. The molecule has 1 aromatic heterocycles. The van der Waals surface area contributed by atoms with Crippen molar-refractivity contribution >= 4 is 23.5 Å². The number of carbonyl (C=O) groups is 1. The van der Waals surface area contributed by atoms with Crippen LogP contribution in [0.1, 0.15) is 19.3 Å². The van der Waals surface area contributed by atoms with Gasteiger partial charge in [0.15, 0.2) is 0 Å². The molecular weight excluding hydrogens is 238 g/mol. The van der Waals surface area contributed by atoms with Crippen molar-refractivity contribution in [1.29, 1.82) is 0 Å². The number of rotatable bonds is 5. The molecule has 6 heteroatoms. The van der Waals surface area contributed by atoms with Crippen LogP contribution >= 0.6 is 11.8 Å². The first kappa shape index (κ1) is 12.2. The molecule has 5 nitrogen and oxygen atoms in total. The fraction of sp³-hybridized carbons (Fsp3) is 0.545. The van der Waals surface area contributed by atoms with Gasteiger partial charge in [0.1, 0.15) is 17.2 Å². The summed E-state index contributed by atoms with van der Waals surface area (Å²) in [5.74, 6) is 1.21. The van der Waals surface area contributed by atoms with Crippen molar-refractivity contribution in [2.75, 3.05) is 18.6 Å². The maximum Gasteiger partial charge on any atom is 0.306 e. The van der Waals surface area contributed by atoms with Gasteiger partial charge in [0.05, 0.1) is 13.5 Å². The summed E-state index contributed by atoms with van der Waals surface area (Å²) in [6.07, 6.45) is 4.11. The van der Waals surface area contributed by atoms with Crippen LogP contribution in [0.15, 0.2) is 17.4 Å². The number of methoxy groups -OCH3 is 1. The molecule has 2 rings (SSSR count). The highest BCUT2D eigenvalue weighted by Crippen LogP contribution is 2.51. The second-order valence-corrected chi connectivity index (χ2v) is 5.32. The fourth-order valence-electron chi connectivity index (χ4n) is 1.59. The molecule has 2 N–H and O–H groups in total. The van der Waals surface area contributed by atoms with E-state index >= 15 is 0 Å². The van der Waals surface area contributed by atoms with Gasteiger partial charge in [-0.2, -0.15) is 0 Å². The second kappa shape index (κ2) is 4.91. The van der Waals surface area contributed by atoms with Crippen LogP contribution in [0.3, 0.4) is 0 Å². The zero-order valence-electron chi connectivity index (χ0n) is 9.68. The average molecular weight is 253 g/mol. The Bertz CT molecular complexity index is 421. The average Bonchev–Trinajstić information content (AvgIpc) is 3.07. The van der Waals surface area contributed by atoms with Crippen molar-refractivity contribution in [3.63, 3.8) is 0 Å². The molecule has 1 saturated carbocycles. The molecule has 0 aliphatic heterocycles. The van der Waals surface area contributed by atoms with Gasteiger partial charge in [-0.1, -0.05) is 0 Å². The number of nitrogens with zero attached hydrogens (tertiary/aromatic N) is 2. The standard InChI is InChI=1S/C11H15N3O2S/c1-16-10(15)5-11(2-3-11)6-17-9-4-8(12)13-7-14-9/h4,7H,2-3,5-6H2,1H3,(H2,12,13,14). The smallest absolute Gasteiger partial charge is 0.306 e. The van der Waals surface area contributed by atoms with Gasteiger partial charge in [0.2, 0.25) is 0 Å². The second-order valence-electron chi connectivity index (χ2n) is 4.32. The van der Waals surface area contributed by atoms with Crippen LogP contribution in [0, 0.1) is 5.41 Å². The van der Waals surface area contributed by atoms with E-state index < -0.39 is 0 Å². The van der Waals surface area contributed by atoms with Crippen LogP contribution in [0.2, 0.25) is 0 Å². The van der Waals surface area contributed by atoms with Gasteiger partial charge in [-0.15, -0.1) is 11.8 Å². The summed E-state index contributed by atoms with van der Waals surface area (Å²) in [6, 6.07) is 1.75. The molecule has 92 valence electrons. The number of hydrogen-bond donors (Lipinski definition) is 1. The fourth-order valence-corrected chi connectivity index (χ4v) is 2.76. The number of thioether (sulfide) groups is 1. The molecule has 1 fully saturated rings. The number of anilines is 1. The topological polar surface area (TPSA) is 78.1 Å². The molecule has 17 heavy (non-hydrogen) atoms. The molecule has 1 aliphatic rings. The van der Waals surface area contributed by atoms with E-state index in [1.165, 1.54) is 13.4 Å². The number of carbonyl (C=O) groups excluding carboxylic acids is 1. The zero-order chi connectivity index (χ0) is 12.3. The number of nitrogen functional groups attached to an aromatic ring is 1. The van der Waals surface area contributed by atoms with Crippen molar-refractivity contribution in [3.05, 3.63) is 12.4 Å². The van der Waals surface area contributed by atoms with Crippen LogP contribution in [-0.2, 0) is 9.53 Å². The van der Waals surface area contributed by atoms with Crippen LogP contribution in [0.25, 0.3) is 0 Å².